The molecule has 2 amide bonds. The summed E-state index contributed by atoms with van der Waals surface area (Å²) in [5, 5.41) is 43.4. The molecular weight excluding hydrogens is 548 g/mol. The minimum Gasteiger partial charge on any atom is -0.300 e. The summed E-state index contributed by atoms with van der Waals surface area (Å²) in [4.78, 5) is 33.3. The summed E-state index contributed by atoms with van der Waals surface area (Å²) in [5.41, 5.74) is 1.56. The highest BCUT2D eigenvalue weighted by molar-refractivity contribution is 7.15. The Bertz CT molecular complexity index is 1500. The Kier molecular flexibility index (Phi) is 8.39. The van der Waals surface area contributed by atoms with E-state index in [1.54, 1.807) is 36.7 Å². The average Bonchev–Trinajstić information content (AvgIpc) is 3.63. The number of anilines is 2. The standard InChI is InChI=1S/C26H22N10O2S2/c27-13-17-6-2-8-29-19(17)11-21(37)31-25-35-33-23(39-25)15-4-1-5-16(10-15)24-34-36-26(40-24)32-22(38)12-20-18(14-28)7-3-9-30-20/h2-3,6-9,15-16H,1,4-5,10-12H2,(H,31,35,37)(H,32,36,38). The van der Waals surface area contributed by atoms with E-state index in [1.807, 2.05) is 12.1 Å². The van der Waals surface area contributed by atoms with Crippen LogP contribution in [0.2, 0.25) is 0 Å². The predicted molar refractivity (Wildman–Crippen MR) is 146 cm³/mol. The van der Waals surface area contributed by atoms with Crippen LogP contribution in [0, 0.1) is 22.7 Å². The van der Waals surface area contributed by atoms with Crippen molar-refractivity contribution in [1.82, 2.24) is 30.4 Å². The molecule has 0 radical (unpaired) electrons. The molecule has 0 saturated heterocycles. The highest BCUT2D eigenvalue weighted by Gasteiger charge is 2.29. The first-order chi connectivity index (χ1) is 19.5. The quantitative estimate of drug-likeness (QED) is 0.316. The van der Waals surface area contributed by atoms with Gasteiger partial charge in [-0.25, -0.2) is 0 Å². The van der Waals surface area contributed by atoms with Crippen LogP contribution in [0.25, 0.3) is 0 Å². The Morgan fingerprint density at radius 1 is 0.800 bits per heavy atom. The molecule has 4 aromatic rings. The van der Waals surface area contributed by atoms with E-state index in [4.69, 9.17) is 0 Å². The van der Waals surface area contributed by atoms with Gasteiger partial charge in [0.1, 0.15) is 22.2 Å². The number of nitrogens with zero attached hydrogens (tertiary/aromatic N) is 8. The molecule has 1 fully saturated rings. The molecule has 0 aromatic carbocycles. The van der Waals surface area contributed by atoms with Crippen LogP contribution in [-0.2, 0) is 22.4 Å². The number of hydrogen-bond donors (Lipinski definition) is 2. The third-order valence-electron chi connectivity index (χ3n) is 6.42. The van der Waals surface area contributed by atoms with Gasteiger partial charge in [0.15, 0.2) is 0 Å². The van der Waals surface area contributed by atoms with E-state index >= 15 is 0 Å². The number of rotatable bonds is 8. The molecule has 0 aliphatic heterocycles. The first kappa shape index (κ1) is 26.9. The summed E-state index contributed by atoms with van der Waals surface area (Å²) in [7, 11) is 0. The van der Waals surface area contributed by atoms with E-state index in [0.29, 0.717) is 32.8 Å². The summed E-state index contributed by atoms with van der Waals surface area (Å²) in [5.74, 6) is -0.290. The van der Waals surface area contributed by atoms with Gasteiger partial charge in [0.2, 0.25) is 22.1 Å². The number of aromatic nitrogens is 6. The zero-order chi connectivity index (χ0) is 27.9. The van der Waals surface area contributed by atoms with Crippen molar-refractivity contribution in [2.24, 2.45) is 0 Å². The monoisotopic (exact) mass is 570 g/mol. The Morgan fingerprint density at radius 2 is 1.27 bits per heavy atom. The second-order valence-corrected chi connectivity index (χ2v) is 11.1. The lowest BCUT2D eigenvalue weighted by molar-refractivity contribution is -0.116. The van der Waals surface area contributed by atoms with E-state index in [-0.39, 0.29) is 36.5 Å². The molecule has 4 aromatic heterocycles. The van der Waals surface area contributed by atoms with E-state index in [0.717, 1.165) is 35.7 Å². The number of amides is 2. The van der Waals surface area contributed by atoms with Gasteiger partial charge >= 0.3 is 0 Å². The molecule has 0 spiro atoms. The second kappa shape index (κ2) is 12.5. The maximum atomic E-state index is 12.5. The summed E-state index contributed by atoms with van der Waals surface area (Å²) in [6.45, 7) is 0. The van der Waals surface area contributed by atoms with Crippen LogP contribution < -0.4 is 10.6 Å². The number of hydrogen-bond acceptors (Lipinski definition) is 12. The topological polar surface area (TPSA) is 183 Å². The summed E-state index contributed by atoms with van der Waals surface area (Å²) < 4.78 is 0. The van der Waals surface area contributed by atoms with Gasteiger partial charge in [0.25, 0.3) is 0 Å². The largest absolute Gasteiger partial charge is 0.300 e. The van der Waals surface area contributed by atoms with E-state index in [2.05, 4.69) is 41.0 Å². The maximum Gasteiger partial charge on any atom is 0.232 e. The van der Waals surface area contributed by atoms with Gasteiger partial charge in [-0.1, -0.05) is 29.1 Å². The zero-order valence-electron chi connectivity index (χ0n) is 21.1. The van der Waals surface area contributed by atoms with Gasteiger partial charge < -0.3 is 10.6 Å². The van der Waals surface area contributed by atoms with Gasteiger partial charge in [-0.3, -0.25) is 19.6 Å². The molecule has 0 bridgehead atoms. The van der Waals surface area contributed by atoms with Gasteiger partial charge in [-0.15, -0.1) is 20.4 Å². The fraction of sp³-hybridized carbons (Fsp3) is 0.308. The summed E-state index contributed by atoms with van der Waals surface area (Å²) >= 11 is 2.69. The molecular formula is C26H22N10O2S2. The molecule has 200 valence electrons. The number of pyridine rings is 2. The van der Waals surface area contributed by atoms with Crippen LogP contribution >= 0.6 is 22.7 Å². The summed E-state index contributed by atoms with van der Waals surface area (Å²) in [6, 6.07) is 10.6. The Labute approximate surface area is 237 Å². The first-order valence-electron chi connectivity index (χ1n) is 12.5. The zero-order valence-corrected chi connectivity index (χ0v) is 22.7. The molecule has 14 heteroatoms. The Balaban J connectivity index is 1.17. The van der Waals surface area contributed by atoms with Crippen molar-refractivity contribution in [2.45, 2.75) is 50.4 Å². The SMILES string of the molecule is N#Cc1cccnc1CC(=O)Nc1nnc(C2CCCC(c3nnc(NC(=O)Cc4ncccc4C#N)s3)C2)s1. The van der Waals surface area contributed by atoms with Crippen LogP contribution in [-0.4, -0.2) is 42.2 Å². The van der Waals surface area contributed by atoms with Crippen LogP contribution in [0.3, 0.4) is 0 Å². The maximum absolute atomic E-state index is 12.5. The lowest BCUT2D eigenvalue weighted by atomic mass is 9.82. The normalized spacial score (nSPS) is 16.4. The predicted octanol–water partition coefficient (Wildman–Crippen LogP) is 3.73. The van der Waals surface area contributed by atoms with Gasteiger partial charge in [-0.2, -0.15) is 10.5 Å². The van der Waals surface area contributed by atoms with Crippen molar-refractivity contribution in [3.63, 3.8) is 0 Å². The average molecular weight is 571 g/mol. The lowest BCUT2D eigenvalue weighted by Crippen LogP contribution is -2.15. The van der Waals surface area contributed by atoms with Crippen LogP contribution in [0.15, 0.2) is 36.7 Å². The van der Waals surface area contributed by atoms with Crippen LogP contribution in [0.5, 0.6) is 0 Å². The van der Waals surface area contributed by atoms with Crippen molar-refractivity contribution >= 4 is 44.8 Å². The molecule has 2 N–H and O–H groups in total. The lowest BCUT2D eigenvalue weighted by Gasteiger charge is -2.25. The smallest absolute Gasteiger partial charge is 0.232 e. The number of carbonyl (C=O) groups excluding carboxylic acids is 2. The minimum absolute atomic E-state index is 0.0264. The van der Waals surface area contributed by atoms with Crippen molar-refractivity contribution < 1.29 is 9.59 Å². The molecule has 40 heavy (non-hydrogen) atoms. The summed E-state index contributed by atoms with van der Waals surface area (Å²) in [6.07, 6.45) is 6.74. The number of nitrogens with one attached hydrogen (secondary N) is 2. The molecule has 12 nitrogen and oxygen atoms in total. The highest BCUT2D eigenvalue weighted by Crippen LogP contribution is 2.43. The van der Waals surface area contributed by atoms with Crippen molar-refractivity contribution in [3.05, 3.63) is 69.2 Å². The third-order valence-corrected chi connectivity index (χ3v) is 8.43. The number of carbonyl (C=O) groups is 2. The molecule has 2 atom stereocenters. The van der Waals surface area contributed by atoms with Crippen molar-refractivity contribution in [3.8, 4) is 12.1 Å². The molecule has 1 saturated carbocycles. The number of nitriles is 2. The van der Waals surface area contributed by atoms with Crippen molar-refractivity contribution in [2.75, 3.05) is 10.6 Å². The molecule has 4 heterocycles. The minimum atomic E-state index is -0.310. The molecule has 1 aliphatic carbocycles. The molecule has 5 rings (SSSR count). The third kappa shape index (κ3) is 6.48. The second-order valence-electron chi connectivity index (χ2n) is 9.12. The Morgan fingerprint density at radius 3 is 1.73 bits per heavy atom. The molecule has 1 aliphatic rings. The van der Waals surface area contributed by atoms with Gasteiger partial charge in [-0.05, 0) is 43.5 Å². The van der Waals surface area contributed by atoms with E-state index in [1.165, 1.54) is 22.7 Å². The first-order valence-corrected chi connectivity index (χ1v) is 14.1. The van der Waals surface area contributed by atoms with E-state index in [9.17, 15) is 20.1 Å². The van der Waals surface area contributed by atoms with Gasteiger partial charge in [0, 0.05) is 24.2 Å². The fourth-order valence-electron chi connectivity index (χ4n) is 4.53. The fourth-order valence-corrected chi connectivity index (χ4v) is 6.34. The van der Waals surface area contributed by atoms with Gasteiger partial charge in [0.05, 0.1) is 35.4 Å². The Hall–Kier alpha value is -4.66. The van der Waals surface area contributed by atoms with Crippen LogP contribution in [0.1, 0.15) is 70.0 Å². The van der Waals surface area contributed by atoms with Crippen molar-refractivity contribution in [1.29, 1.82) is 10.5 Å². The molecule has 2 unspecified atom stereocenters. The van der Waals surface area contributed by atoms with E-state index < -0.39 is 0 Å². The highest BCUT2D eigenvalue weighted by atomic mass is 32.1. The van der Waals surface area contributed by atoms with Crippen LogP contribution in [0.4, 0.5) is 10.3 Å².